The number of ether oxygens (including phenoxy) is 1. The normalized spacial score (nSPS) is 15.0. The first kappa shape index (κ1) is 17.3. The average molecular weight is 319 g/mol. The SMILES string of the molecule is O=C(NC(CCCCCC1CC1)C(=O)O)OCc1ccccc1. The fraction of sp³-hybridized carbons (Fsp3) is 0.556. The number of aliphatic carboxylic acids is 1. The van der Waals surface area contributed by atoms with E-state index in [1.807, 2.05) is 30.3 Å². The van der Waals surface area contributed by atoms with Crippen molar-refractivity contribution in [3.8, 4) is 0 Å². The minimum atomic E-state index is -1.01. The van der Waals surface area contributed by atoms with Crippen molar-refractivity contribution in [3.05, 3.63) is 35.9 Å². The highest BCUT2D eigenvalue weighted by Crippen LogP contribution is 2.34. The number of amides is 1. The molecule has 5 nitrogen and oxygen atoms in total. The van der Waals surface area contributed by atoms with E-state index in [-0.39, 0.29) is 6.61 Å². The lowest BCUT2D eigenvalue weighted by molar-refractivity contribution is -0.139. The standard InChI is InChI=1S/C18H25NO4/c20-17(21)16(10-6-2-3-7-14-11-12-14)19-18(22)23-13-15-8-4-1-5-9-15/h1,4-5,8-9,14,16H,2-3,6-7,10-13H2,(H,19,22)(H,20,21). The van der Waals surface area contributed by atoms with Crippen molar-refractivity contribution in [2.45, 2.75) is 57.6 Å². The number of carboxylic acids is 1. The lowest BCUT2D eigenvalue weighted by atomic mass is 10.1. The number of hydrogen-bond acceptors (Lipinski definition) is 3. The highest BCUT2D eigenvalue weighted by Gasteiger charge is 2.22. The van der Waals surface area contributed by atoms with Gasteiger partial charge in [0.25, 0.3) is 0 Å². The monoisotopic (exact) mass is 319 g/mol. The molecule has 1 amide bonds. The Hall–Kier alpha value is -2.04. The fourth-order valence-corrected chi connectivity index (χ4v) is 2.53. The van der Waals surface area contributed by atoms with E-state index >= 15 is 0 Å². The van der Waals surface area contributed by atoms with Crippen LogP contribution in [0.3, 0.4) is 0 Å². The summed E-state index contributed by atoms with van der Waals surface area (Å²) < 4.78 is 5.06. The lowest BCUT2D eigenvalue weighted by Crippen LogP contribution is -2.40. The van der Waals surface area contributed by atoms with Gasteiger partial charge in [0.2, 0.25) is 0 Å². The van der Waals surface area contributed by atoms with Crippen LogP contribution in [-0.2, 0) is 16.1 Å². The molecule has 23 heavy (non-hydrogen) atoms. The summed E-state index contributed by atoms with van der Waals surface area (Å²) in [5.41, 5.74) is 0.870. The second-order valence-electron chi connectivity index (χ2n) is 6.18. The van der Waals surface area contributed by atoms with Crippen LogP contribution in [0, 0.1) is 5.92 Å². The largest absolute Gasteiger partial charge is 0.480 e. The Morgan fingerprint density at radius 2 is 1.91 bits per heavy atom. The van der Waals surface area contributed by atoms with Crippen LogP contribution >= 0.6 is 0 Å². The number of alkyl carbamates (subject to hydrolysis) is 1. The van der Waals surface area contributed by atoms with E-state index in [0.29, 0.717) is 6.42 Å². The molecule has 0 radical (unpaired) electrons. The van der Waals surface area contributed by atoms with Gasteiger partial charge in [-0.1, -0.05) is 68.9 Å². The van der Waals surface area contributed by atoms with E-state index in [0.717, 1.165) is 30.7 Å². The molecule has 2 rings (SSSR count). The van der Waals surface area contributed by atoms with Crippen molar-refractivity contribution in [2.75, 3.05) is 0 Å². The topological polar surface area (TPSA) is 75.6 Å². The first-order valence-electron chi connectivity index (χ1n) is 8.35. The summed E-state index contributed by atoms with van der Waals surface area (Å²) in [6.45, 7) is 0.139. The smallest absolute Gasteiger partial charge is 0.408 e. The summed E-state index contributed by atoms with van der Waals surface area (Å²) in [6, 6.07) is 8.42. The summed E-state index contributed by atoms with van der Waals surface area (Å²) >= 11 is 0. The zero-order valence-electron chi connectivity index (χ0n) is 13.4. The van der Waals surface area contributed by atoms with Gasteiger partial charge < -0.3 is 15.2 Å². The molecule has 0 spiro atoms. The van der Waals surface area contributed by atoms with Crippen molar-refractivity contribution >= 4 is 12.1 Å². The van der Waals surface area contributed by atoms with Crippen molar-refractivity contribution in [2.24, 2.45) is 5.92 Å². The van der Waals surface area contributed by atoms with Crippen LogP contribution in [0.15, 0.2) is 30.3 Å². The first-order valence-corrected chi connectivity index (χ1v) is 8.35. The molecule has 1 aliphatic rings. The number of carbonyl (C=O) groups excluding carboxylic acids is 1. The summed E-state index contributed by atoms with van der Waals surface area (Å²) in [4.78, 5) is 22.9. The van der Waals surface area contributed by atoms with Crippen molar-refractivity contribution in [1.82, 2.24) is 5.32 Å². The number of hydrogen-bond donors (Lipinski definition) is 2. The van der Waals surface area contributed by atoms with Gasteiger partial charge in [-0.15, -0.1) is 0 Å². The third-order valence-electron chi connectivity index (χ3n) is 4.11. The van der Waals surface area contributed by atoms with Crippen molar-refractivity contribution in [1.29, 1.82) is 0 Å². The van der Waals surface area contributed by atoms with Crippen molar-refractivity contribution in [3.63, 3.8) is 0 Å². The molecule has 1 aromatic carbocycles. The van der Waals surface area contributed by atoms with Gasteiger partial charge in [0.15, 0.2) is 0 Å². The Labute approximate surface area is 137 Å². The van der Waals surface area contributed by atoms with Gasteiger partial charge in [0.1, 0.15) is 12.6 Å². The van der Waals surface area contributed by atoms with Gasteiger partial charge in [0, 0.05) is 0 Å². The molecule has 1 saturated carbocycles. The second kappa shape index (κ2) is 9.18. The molecule has 0 bridgehead atoms. The fourth-order valence-electron chi connectivity index (χ4n) is 2.53. The molecule has 0 aromatic heterocycles. The summed E-state index contributed by atoms with van der Waals surface area (Å²) in [6.07, 6.45) is 6.70. The molecule has 0 saturated heterocycles. The van der Waals surface area contributed by atoms with Crippen LogP contribution < -0.4 is 5.32 Å². The van der Waals surface area contributed by atoms with Gasteiger partial charge in [-0.25, -0.2) is 9.59 Å². The zero-order chi connectivity index (χ0) is 16.5. The van der Waals surface area contributed by atoms with E-state index in [4.69, 9.17) is 4.74 Å². The summed E-state index contributed by atoms with van der Waals surface area (Å²) in [7, 11) is 0. The molecule has 0 heterocycles. The van der Waals surface area contributed by atoms with E-state index < -0.39 is 18.1 Å². The highest BCUT2D eigenvalue weighted by atomic mass is 16.5. The van der Waals surface area contributed by atoms with Gasteiger partial charge in [-0.05, 0) is 17.9 Å². The van der Waals surface area contributed by atoms with Crippen molar-refractivity contribution < 1.29 is 19.4 Å². The van der Waals surface area contributed by atoms with Gasteiger partial charge in [-0.2, -0.15) is 0 Å². The van der Waals surface area contributed by atoms with E-state index in [9.17, 15) is 14.7 Å². The van der Waals surface area contributed by atoms with E-state index in [1.165, 1.54) is 19.3 Å². The van der Waals surface area contributed by atoms with E-state index in [1.54, 1.807) is 0 Å². The molecule has 2 N–H and O–H groups in total. The maximum Gasteiger partial charge on any atom is 0.408 e. The second-order valence-corrected chi connectivity index (χ2v) is 6.18. The van der Waals surface area contributed by atoms with Crippen LogP contribution in [0.25, 0.3) is 0 Å². The molecule has 1 aliphatic carbocycles. The van der Waals surface area contributed by atoms with Crippen LogP contribution in [0.4, 0.5) is 4.79 Å². The molecule has 0 aliphatic heterocycles. The molecule has 126 valence electrons. The van der Waals surface area contributed by atoms with Gasteiger partial charge in [-0.3, -0.25) is 0 Å². The van der Waals surface area contributed by atoms with Crippen LogP contribution in [0.2, 0.25) is 0 Å². The summed E-state index contributed by atoms with van der Waals surface area (Å²) in [5, 5.41) is 11.6. The molecule has 1 fully saturated rings. The van der Waals surface area contributed by atoms with Crippen LogP contribution in [-0.4, -0.2) is 23.2 Å². The van der Waals surface area contributed by atoms with E-state index in [2.05, 4.69) is 5.32 Å². The lowest BCUT2D eigenvalue weighted by Gasteiger charge is -2.14. The minimum Gasteiger partial charge on any atom is -0.480 e. The quantitative estimate of drug-likeness (QED) is 0.644. The van der Waals surface area contributed by atoms with Crippen LogP contribution in [0.5, 0.6) is 0 Å². The Bertz CT molecular complexity index is 499. The highest BCUT2D eigenvalue weighted by molar-refractivity contribution is 5.79. The summed E-state index contributed by atoms with van der Waals surface area (Å²) in [5.74, 6) is -0.0970. The minimum absolute atomic E-state index is 0.139. The third kappa shape index (κ3) is 7.17. The Kier molecular flexibility index (Phi) is 6.91. The maximum atomic E-state index is 11.7. The molecule has 5 heteroatoms. The Balaban J connectivity index is 1.63. The van der Waals surface area contributed by atoms with Gasteiger partial charge in [0.05, 0.1) is 0 Å². The number of carbonyl (C=O) groups is 2. The number of carboxylic acid groups (broad SMARTS) is 1. The Morgan fingerprint density at radius 3 is 2.57 bits per heavy atom. The molecule has 1 unspecified atom stereocenters. The molecule has 1 aromatic rings. The average Bonchev–Trinajstić information content (AvgIpc) is 3.36. The van der Waals surface area contributed by atoms with Crippen LogP contribution in [0.1, 0.15) is 50.5 Å². The number of unbranched alkanes of at least 4 members (excludes halogenated alkanes) is 2. The van der Waals surface area contributed by atoms with Gasteiger partial charge >= 0.3 is 12.1 Å². The Morgan fingerprint density at radius 1 is 1.17 bits per heavy atom. The molecular formula is C18H25NO4. The molecular weight excluding hydrogens is 294 g/mol. The number of rotatable bonds is 10. The molecule has 1 atom stereocenters. The predicted octanol–water partition coefficient (Wildman–Crippen LogP) is 3.73. The third-order valence-corrected chi connectivity index (χ3v) is 4.11. The maximum absolute atomic E-state index is 11.7. The predicted molar refractivity (Wildman–Crippen MR) is 87.0 cm³/mol. The zero-order valence-corrected chi connectivity index (χ0v) is 13.4. The number of benzene rings is 1. The first-order chi connectivity index (χ1) is 11.1. The number of nitrogens with one attached hydrogen (secondary N) is 1.